The van der Waals surface area contributed by atoms with Gasteiger partial charge in [0.05, 0.1) is 97.2 Å². The van der Waals surface area contributed by atoms with E-state index in [4.69, 9.17) is 37.3 Å². The van der Waals surface area contributed by atoms with E-state index in [-0.39, 0.29) is 30.5 Å². The minimum absolute atomic E-state index is 0.0615. The van der Waals surface area contributed by atoms with Crippen molar-refractivity contribution >= 4 is 16.1 Å². The van der Waals surface area contributed by atoms with E-state index in [1.807, 2.05) is 27.7 Å². The van der Waals surface area contributed by atoms with Gasteiger partial charge in [-0.1, -0.05) is 17.7 Å². The van der Waals surface area contributed by atoms with Gasteiger partial charge in [-0.15, -0.1) is 0 Å². The van der Waals surface area contributed by atoms with Crippen molar-refractivity contribution in [2.24, 2.45) is 0 Å². The molecule has 0 fully saturated rings. The molecule has 38 heavy (non-hydrogen) atoms. The number of ether oxygens (including phenoxy) is 7. The van der Waals surface area contributed by atoms with Crippen LogP contribution in [0.25, 0.3) is 0 Å². The molecule has 1 aromatic rings. The summed E-state index contributed by atoms with van der Waals surface area (Å²) in [4.78, 5) is 11.7. The first-order valence-electron chi connectivity index (χ1n) is 12.7. The van der Waals surface area contributed by atoms with Crippen LogP contribution in [0.2, 0.25) is 0 Å². The van der Waals surface area contributed by atoms with E-state index in [1.165, 1.54) is 12.1 Å². The number of esters is 1. The van der Waals surface area contributed by atoms with E-state index in [9.17, 15) is 13.2 Å². The highest BCUT2D eigenvalue weighted by Gasteiger charge is 2.16. The van der Waals surface area contributed by atoms with Gasteiger partial charge >= 0.3 is 5.97 Å². The Morgan fingerprint density at radius 3 is 1.39 bits per heavy atom. The molecule has 0 spiro atoms. The largest absolute Gasteiger partial charge is 0.460 e. The SMILES string of the molecule is Cc1ccc(S(=O)(=O)OCCOCCOCCOCCOCCOCCOCCC(=O)OC(C)(C)C)cc1. The van der Waals surface area contributed by atoms with Gasteiger partial charge in [0, 0.05) is 0 Å². The Balaban J connectivity index is 1.78. The van der Waals surface area contributed by atoms with E-state index >= 15 is 0 Å². The molecule has 0 amide bonds. The molecule has 0 bridgehead atoms. The summed E-state index contributed by atoms with van der Waals surface area (Å²) in [5.41, 5.74) is 0.492. The maximum absolute atomic E-state index is 12.0. The zero-order valence-electron chi connectivity index (χ0n) is 23.1. The first-order chi connectivity index (χ1) is 18.1. The Hall–Kier alpha value is -1.64. The zero-order valence-corrected chi connectivity index (χ0v) is 23.9. The highest BCUT2D eigenvalue weighted by molar-refractivity contribution is 7.86. The highest BCUT2D eigenvalue weighted by atomic mass is 32.2. The van der Waals surface area contributed by atoms with E-state index in [1.54, 1.807) is 12.1 Å². The number of carbonyl (C=O) groups is 1. The van der Waals surface area contributed by atoms with Crippen LogP contribution in [0.3, 0.4) is 0 Å². The first kappa shape index (κ1) is 34.4. The molecule has 0 aromatic heterocycles. The van der Waals surface area contributed by atoms with E-state index in [0.717, 1.165) is 5.56 Å². The Morgan fingerprint density at radius 2 is 1.00 bits per heavy atom. The third kappa shape index (κ3) is 19.4. The fourth-order valence-corrected chi connectivity index (χ4v) is 3.62. The molecule has 0 saturated carbocycles. The summed E-state index contributed by atoms with van der Waals surface area (Å²) < 4.78 is 66.5. The topological polar surface area (TPSA) is 125 Å². The van der Waals surface area contributed by atoms with Crippen LogP contribution < -0.4 is 0 Å². The maximum atomic E-state index is 12.0. The van der Waals surface area contributed by atoms with Crippen molar-refractivity contribution in [2.75, 3.05) is 85.9 Å². The number of aryl methyl sites for hydroxylation is 1. The predicted molar refractivity (Wildman–Crippen MR) is 140 cm³/mol. The Bertz CT molecular complexity index is 836. The predicted octanol–water partition coefficient (Wildman–Crippen LogP) is 2.53. The number of hydrogen-bond donors (Lipinski definition) is 0. The lowest BCUT2D eigenvalue weighted by atomic mass is 10.2. The quantitative estimate of drug-likeness (QED) is 0.111. The van der Waals surface area contributed by atoms with Crippen molar-refractivity contribution in [3.05, 3.63) is 29.8 Å². The van der Waals surface area contributed by atoms with Gasteiger partial charge in [0.2, 0.25) is 0 Å². The van der Waals surface area contributed by atoms with Gasteiger partial charge in [0.25, 0.3) is 10.1 Å². The van der Waals surface area contributed by atoms with Crippen molar-refractivity contribution in [3.8, 4) is 0 Å². The van der Waals surface area contributed by atoms with Crippen LogP contribution in [-0.4, -0.2) is 106 Å². The molecule has 0 heterocycles. The third-order valence-electron chi connectivity index (χ3n) is 4.51. The van der Waals surface area contributed by atoms with E-state index in [0.29, 0.717) is 72.7 Å². The molecule has 0 atom stereocenters. The lowest BCUT2D eigenvalue weighted by molar-refractivity contribution is -0.156. The summed E-state index contributed by atoms with van der Waals surface area (Å²) in [6.45, 7) is 11.9. The van der Waals surface area contributed by atoms with E-state index < -0.39 is 15.7 Å². The maximum Gasteiger partial charge on any atom is 0.308 e. The fourth-order valence-electron chi connectivity index (χ4n) is 2.73. The van der Waals surface area contributed by atoms with Gasteiger partial charge in [-0.2, -0.15) is 8.42 Å². The van der Waals surface area contributed by atoms with Gasteiger partial charge in [-0.05, 0) is 39.8 Å². The van der Waals surface area contributed by atoms with Crippen LogP contribution in [0.15, 0.2) is 29.2 Å². The van der Waals surface area contributed by atoms with Crippen LogP contribution in [0.1, 0.15) is 32.8 Å². The van der Waals surface area contributed by atoms with Gasteiger partial charge < -0.3 is 33.2 Å². The summed E-state index contributed by atoms with van der Waals surface area (Å²) in [6.07, 6.45) is 0.220. The number of benzene rings is 1. The van der Waals surface area contributed by atoms with Crippen LogP contribution in [0.5, 0.6) is 0 Å². The average Bonchev–Trinajstić information content (AvgIpc) is 2.84. The summed E-state index contributed by atoms with van der Waals surface area (Å²) >= 11 is 0. The second-order valence-corrected chi connectivity index (χ2v) is 10.7. The summed E-state index contributed by atoms with van der Waals surface area (Å²) in [5, 5.41) is 0. The molecular weight excluding hydrogens is 520 g/mol. The van der Waals surface area contributed by atoms with Crippen molar-refractivity contribution in [2.45, 2.75) is 44.6 Å². The monoisotopic (exact) mass is 564 g/mol. The van der Waals surface area contributed by atoms with Gasteiger partial charge in [-0.25, -0.2) is 0 Å². The Kier molecular flexibility index (Phi) is 18.4. The molecule has 0 saturated heterocycles. The molecule has 0 N–H and O–H groups in total. The summed E-state index contributed by atoms with van der Waals surface area (Å²) in [6, 6.07) is 6.46. The Morgan fingerprint density at radius 1 is 0.632 bits per heavy atom. The molecule has 220 valence electrons. The van der Waals surface area contributed by atoms with Crippen molar-refractivity contribution in [1.29, 1.82) is 0 Å². The molecule has 1 aromatic carbocycles. The highest BCUT2D eigenvalue weighted by Crippen LogP contribution is 2.13. The molecule has 1 rings (SSSR count). The van der Waals surface area contributed by atoms with Gasteiger partial charge in [0.1, 0.15) is 5.60 Å². The lowest BCUT2D eigenvalue weighted by Gasteiger charge is -2.19. The molecule has 0 aliphatic heterocycles. The summed E-state index contributed by atoms with van der Waals surface area (Å²) in [7, 11) is -3.77. The normalized spacial score (nSPS) is 12.1. The van der Waals surface area contributed by atoms with Crippen molar-refractivity contribution < 1.29 is 50.6 Å². The smallest absolute Gasteiger partial charge is 0.308 e. The van der Waals surface area contributed by atoms with Gasteiger partial charge in [0.15, 0.2) is 0 Å². The minimum Gasteiger partial charge on any atom is -0.460 e. The molecule has 11 nitrogen and oxygen atoms in total. The molecule has 0 unspecified atom stereocenters. The second kappa shape index (κ2) is 20.3. The van der Waals surface area contributed by atoms with E-state index in [2.05, 4.69) is 0 Å². The molecule has 0 aliphatic carbocycles. The standard InChI is InChI=1S/C26H44O11S/c1-23-5-7-24(8-6-23)38(28,29)36-22-21-35-20-19-34-18-17-33-16-15-32-14-13-31-12-11-30-10-9-25(27)37-26(2,3)4/h5-8H,9-22H2,1-4H3. The average molecular weight is 565 g/mol. The number of rotatable bonds is 23. The van der Waals surface area contributed by atoms with Crippen LogP contribution in [-0.2, 0) is 52.3 Å². The van der Waals surface area contributed by atoms with Crippen LogP contribution >= 0.6 is 0 Å². The minimum atomic E-state index is -3.77. The zero-order chi connectivity index (χ0) is 28.1. The lowest BCUT2D eigenvalue weighted by Crippen LogP contribution is -2.24. The second-order valence-electron chi connectivity index (χ2n) is 9.10. The number of hydrogen-bond acceptors (Lipinski definition) is 11. The van der Waals surface area contributed by atoms with Crippen LogP contribution in [0.4, 0.5) is 0 Å². The first-order valence-corrected chi connectivity index (χ1v) is 14.2. The summed E-state index contributed by atoms with van der Waals surface area (Å²) in [5.74, 6) is -0.276. The van der Waals surface area contributed by atoms with Crippen LogP contribution in [0, 0.1) is 6.92 Å². The molecular formula is C26H44O11S. The van der Waals surface area contributed by atoms with Crippen molar-refractivity contribution in [3.63, 3.8) is 0 Å². The fraction of sp³-hybridized carbons (Fsp3) is 0.731. The number of carbonyl (C=O) groups excluding carboxylic acids is 1. The Labute approximate surface area is 227 Å². The third-order valence-corrected chi connectivity index (χ3v) is 5.83. The van der Waals surface area contributed by atoms with Gasteiger partial charge in [-0.3, -0.25) is 8.98 Å². The molecule has 0 aliphatic rings. The molecule has 12 heteroatoms. The molecule has 0 radical (unpaired) electrons. The van der Waals surface area contributed by atoms with Crippen molar-refractivity contribution in [1.82, 2.24) is 0 Å².